The third-order valence-electron chi connectivity index (χ3n) is 2.61. The molecule has 0 aliphatic carbocycles. The fourth-order valence-corrected chi connectivity index (χ4v) is 1.65. The summed E-state index contributed by atoms with van der Waals surface area (Å²) >= 11 is 5.45. The molecule has 0 saturated carbocycles. The van der Waals surface area contributed by atoms with E-state index in [-0.39, 0.29) is 10.7 Å². The number of esters is 1. The van der Waals surface area contributed by atoms with E-state index < -0.39 is 35.9 Å². The van der Waals surface area contributed by atoms with Gasteiger partial charge in [0.2, 0.25) is 5.91 Å². The third-order valence-corrected chi connectivity index (χ3v) is 2.90. The molecule has 0 heterocycles. The van der Waals surface area contributed by atoms with Crippen LogP contribution in [0.3, 0.4) is 0 Å². The van der Waals surface area contributed by atoms with Gasteiger partial charge in [0.15, 0.2) is 0 Å². The van der Waals surface area contributed by atoms with E-state index >= 15 is 0 Å². The Kier molecular flexibility index (Phi) is 5.36. The number of ether oxygens (including phenoxy) is 1. The van der Waals surface area contributed by atoms with Crippen LogP contribution in [0.25, 0.3) is 0 Å². The lowest BCUT2D eigenvalue weighted by molar-refractivity contribution is -0.261. The number of methoxy groups -OCH3 is 1. The lowest BCUT2D eigenvalue weighted by atomic mass is 9.98. The maximum atomic E-state index is 12.9. The molecule has 1 atom stereocenters. The van der Waals surface area contributed by atoms with Gasteiger partial charge in [-0.3, -0.25) is 4.79 Å². The van der Waals surface area contributed by atoms with Crippen LogP contribution in [-0.4, -0.2) is 35.9 Å². The molecule has 1 aromatic carbocycles. The van der Waals surface area contributed by atoms with Crippen LogP contribution >= 0.6 is 11.6 Å². The number of hydrogen-bond acceptors (Lipinski definition) is 4. The minimum atomic E-state index is -5.42. The van der Waals surface area contributed by atoms with Gasteiger partial charge in [-0.1, -0.05) is 11.6 Å². The first kappa shape index (κ1) is 18.2. The third kappa shape index (κ3) is 3.86. The SMILES string of the molecule is COC(=O)[C@](O)(CC(=O)Nc1ccc(F)c(Cl)c1)C(F)(F)F. The van der Waals surface area contributed by atoms with Crippen LogP contribution in [0.2, 0.25) is 5.02 Å². The van der Waals surface area contributed by atoms with Gasteiger partial charge in [-0.15, -0.1) is 0 Å². The number of carbonyl (C=O) groups is 2. The highest BCUT2D eigenvalue weighted by atomic mass is 35.5. The van der Waals surface area contributed by atoms with Crippen LogP contribution in [0.5, 0.6) is 0 Å². The van der Waals surface area contributed by atoms with Crippen LogP contribution in [0.1, 0.15) is 6.42 Å². The van der Waals surface area contributed by atoms with Crippen LogP contribution in [0, 0.1) is 5.82 Å². The molecule has 22 heavy (non-hydrogen) atoms. The van der Waals surface area contributed by atoms with Crippen molar-refractivity contribution < 1.29 is 37.0 Å². The van der Waals surface area contributed by atoms with Gasteiger partial charge in [-0.2, -0.15) is 13.2 Å². The number of carbonyl (C=O) groups excluding carboxylic acids is 2. The average Bonchev–Trinajstić information content (AvgIpc) is 2.40. The summed E-state index contributed by atoms with van der Waals surface area (Å²) in [5, 5.41) is 11.0. The molecule has 5 nitrogen and oxygen atoms in total. The zero-order chi connectivity index (χ0) is 17.1. The number of nitrogens with one attached hydrogen (secondary N) is 1. The van der Waals surface area contributed by atoms with E-state index in [0.717, 1.165) is 18.2 Å². The Morgan fingerprint density at radius 1 is 1.36 bits per heavy atom. The van der Waals surface area contributed by atoms with Gasteiger partial charge in [0.05, 0.1) is 18.6 Å². The number of amides is 1. The maximum Gasteiger partial charge on any atom is 0.428 e. The Hall–Kier alpha value is -1.87. The molecule has 2 N–H and O–H groups in total. The molecule has 0 aliphatic rings. The molecule has 0 fully saturated rings. The van der Waals surface area contributed by atoms with E-state index in [1.165, 1.54) is 0 Å². The van der Waals surface area contributed by atoms with E-state index in [9.17, 15) is 32.3 Å². The van der Waals surface area contributed by atoms with Gasteiger partial charge in [0.25, 0.3) is 5.60 Å². The van der Waals surface area contributed by atoms with Gasteiger partial charge in [0, 0.05) is 5.69 Å². The lowest BCUT2D eigenvalue weighted by Crippen LogP contribution is -2.54. The summed E-state index contributed by atoms with van der Waals surface area (Å²) in [4.78, 5) is 22.7. The van der Waals surface area contributed by atoms with Crippen molar-refractivity contribution in [3.63, 3.8) is 0 Å². The van der Waals surface area contributed by atoms with Gasteiger partial charge in [0.1, 0.15) is 5.82 Å². The summed E-state index contributed by atoms with van der Waals surface area (Å²) in [6, 6.07) is 2.89. The molecule has 10 heteroatoms. The minimum absolute atomic E-state index is 0.106. The number of aliphatic hydroxyl groups is 1. The highest BCUT2D eigenvalue weighted by molar-refractivity contribution is 6.31. The molecule has 0 aliphatic heterocycles. The number of benzene rings is 1. The fraction of sp³-hybridized carbons (Fsp3) is 0.333. The van der Waals surface area contributed by atoms with E-state index in [0.29, 0.717) is 7.11 Å². The summed E-state index contributed by atoms with van der Waals surface area (Å²) in [5.74, 6) is -4.15. The van der Waals surface area contributed by atoms with E-state index in [1.807, 2.05) is 5.32 Å². The second kappa shape index (κ2) is 6.49. The molecule has 0 bridgehead atoms. The molecular formula is C12H10ClF4NO4. The van der Waals surface area contributed by atoms with Crippen LogP contribution in [0.4, 0.5) is 23.2 Å². The van der Waals surface area contributed by atoms with E-state index in [4.69, 9.17) is 11.6 Å². The first-order valence-electron chi connectivity index (χ1n) is 5.63. The minimum Gasteiger partial charge on any atom is -0.467 e. The number of rotatable bonds is 4. The molecule has 1 amide bonds. The number of alkyl halides is 3. The summed E-state index contributed by atoms with van der Waals surface area (Å²) < 4.78 is 55.1. The largest absolute Gasteiger partial charge is 0.467 e. The van der Waals surface area contributed by atoms with Crippen molar-refractivity contribution in [1.29, 1.82) is 0 Å². The maximum absolute atomic E-state index is 12.9. The van der Waals surface area contributed by atoms with E-state index in [1.54, 1.807) is 0 Å². The normalized spacial score (nSPS) is 14.1. The summed E-state index contributed by atoms with van der Waals surface area (Å²) in [6.07, 6.45) is -7.05. The summed E-state index contributed by atoms with van der Waals surface area (Å²) in [6.45, 7) is 0. The van der Waals surface area contributed by atoms with Crippen molar-refractivity contribution in [3.8, 4) is 0 Å². The average molecular weight is 344 g/mol. The lowest BCUT2D eigenvalue weighted by Gasteiger charge is -2.26. The Labute approximate surface area is 126 Å². The number of hydrogen-bond donors (Lipinski definition) is 2. The molecule has 0 spiro atoms. The number of anilines is 1. The predicted molar refractivity (Wildman–Crippen MR) is 67.7 cm³/mol. The Bertz CT molecular complexity index is 593. The quantitative estimate of drug-likeness (QED) is 0.649. The standard InChI is InChI=1S/C12H10ClF4NO4/c1-22-10(20)11(21,12(15,16)17)5-9(19)18-6-2-3-8(14)7(13)4-6/h2-4,21H,5H2,1H3,(H,18,19)/t11-/m1/s1. The van der Waals surface area contributed by atoms with E-state index in [2.05, 4.69) is 4.74 Å². The molecular weight excluding hydrogens is 334 g/mol. The van der Waals surface area contributed by atoms with Crippen LogP contribution < -0.4 is 5.32 Å². The zero-order valence-electron chi connectivity index (χ0n) is 11.0. The smallest absolute Gasteiger partial charge is 0.428 e. The van der Waals surface area contributed by atoms with Gasteiger partial charge < -0.3 is 15.2 Å². The van der Waals surface area contributed by atoms with Crippen LogP contribution in [-0.2, 0) is 14.3 Å². The van der Waals surface area contributed by atoms with Crippen molar-refractivity contribution in [2.75, 3.05) is 12.4 Å². The van der Waals surface area contributed by atoms with Crippen molar-refractivity contribution in [2.24, 2.45) is 0 Å². The molecule has 0 saturated heterocycles. The Balaban J connectivity index is 2.93. The van der Waals surface area contributed by atoms with Crippen molar-refractivity contribution >= 4 is 29.2 Å². The zero-order valence-corrected chi connectivity index (χ0v) is 11.8. The van der Waals surface area contributed by atoms with Crippen molar-refractivity contribution in [3.05, 3.63) is 29.0 Å². The van der Waals surface area contributed by atoms with Crippen molar-refractivity contribution in [1.82, 2.24) is 0 Å². The van der Waals surface area contributed by atoms with Gasteiger partial charge >= 0.3 is 12.1 Å². The summed E-state index contributed by atoms with van der Waals surface area (Å²) in [5.41, 5.74) is -4.10. The monoisotopic (exact) mass is 343 g/mol. The molecule has 122 valence electrons. The van der Waals surface area contributed by atoms with Gasteiger partial charge in [-0.25, -0.2) is 9.18 Å². The predicted octanol–water partition coefficient (Wildman–Crippen LogP) is 2.27. The first-order chi connectivity index (χ1) is 10.0. The Morgan fingerprint density at radius 2 is 1.95 bits per heavy atom. The summed E-state index contributed by atoms with van der Waals surface area (Å²) in [7, 11) is 0.636. The van der Waals surface area contributed by atoms with Gasteiger partial charge in [-0.05, 0) is 18.2 Å². The molecule has 1 aromatic rings. The molecule has 0 aromatic heterocycles. The van der Waals surface area contributed by atoms with Crippen LogP contribution in [0.15, 0.2) is 18.2 Å². The highest BCUT2D eigenvalue weighted by Gasteiger charge is 2.61. The second-order valence-corrected chi connectivity index (χ2v) is 4.61. The van der Waals surface area contributed by atoms with Crippen molar-refractivity contribution in [2.45, 2.75) is 18.2 Å². The number of halogens is 5. The Morgan fingerprint density at radius 3 is 2.41 bits per heavy atom. The fourth-order valence-electron chi connectivity index (χ4n) is 1.47. The molecule has 0 radical (unpaired) electrons. The first-order valence-corrected chi connectivity index (χ1v) is 6.01. The molecule has 1 rings (SSSR count). The highest BCUT2D eigenvalue weighted by Crippen LogP contribution is 2.34. The molecule has 0 unspecified atom stereocenters. The topological polar surface area (TPSA) is 75.6 Å². The second-order valence-electron chi connectivity index (χ2n) is 4.20.